The molecule has 2 N–H and O–H groups in total. The number of carbonyl (C=O) groups is 1. The number of hydrogen-bond donors (Lipinski definition) is 2. The molecule has 0 aromatic carbocycles. The van der Waals surface area contributed by atoms with E-state index in [0.29, 0.717) is 18.5 Å². The Kier molecular flexibility index (Phi) is 6.23. The van der Waals surface area contributed by atoms with Crippen LogP contribution in [0.15, 0.2) is 25.0 Å². The third-order valence-electron chi connectivity index (χ3n) is 5.82. The molecule has 0 bridgehead atoms. The highest BCUT2D eigenvalue weighted by Crippen LogP contribution is 2.41. The smallest absolute Gasteiger partial charge is 0.410 e. The van der Waals surface area contributed by atoms with Crippen molar-refractivity contribution in [3.8, 4) is 0 Å². The van der Waals surface area contributed by atoms with Crippen molar-refractivity contribution in [3.05, 3.63) is 30.6 Å². The first-order valence-electron chi connectivity index (χ1n) is 9.34. The van der Waals surface area contributed by atoms with Crippen LogP contribution in [0.4, 0.5) is 4.79 Å². The molecule has 152 valence electrons. The summed E-state index contributed by atoms with van der Waals surface area (Å²) in [5.74, 6) is 0. The van der Waals surface area contributed by atoms with E-state index in [9.17, 15) is 9.90 Å². The molecule has 0 spiro atoms. The summed E-state index contributed by atoms with van der Waals surface area (Å²) < 4.78 is 11.8. The van der Waals surface area contributed by atoms with Crippen molar-refractivity contribution in [2.75, 3.05) is 13.2 Å². The van der Waals surface area contributed by atoms with Gasteiger partial charge in [-0.2, -0.15) is 5.10 Å². The van der Waals surface area contributed by atoms with E-state index in [1.165, 1.54) is 6.08 Å². The Bertz CT molecular complexity index is 652. The van der Waals surface area contributed by atoms with Gasteiger partial charge in [0.15, 0.2) is 8.32 Å². The van der Waals surface area contributed by atoms with E-state index in [1.807, 2.05) is 0 Å². The number of aromatic nitrogens is 2. The molecular formula is C19H33N3O4Si. The number of aromatic amines is 1. The van der Waals surface area contributed by atoms with E-state index >= 15 is 0 Å². The van der Waals surface area contributed by atoms with Crippen LogP contribution in [-0.2, 0) is 14.8 Å². The maximum atomic E-state index is 12.6. The summed E-state index contributed by atoms with van der Waals surface area (Å²) in [6.45, 7) is 16.7. The van der Waals surface area contributed by atoms with Crippen LogP contribution in [0.5, 0.6) is 0 Å². The van der Waals surface area contributed by atoms with E-state index in [0.717, 1.165) is 0 Å². The fraction of sp³-hybridized carbons (Fsp3) is 0.684. The second-order valence-corrected chi connectivity index (χ2v) is 13.7. The van der Waals surface area contributed by atoms with E-state index in [2.05, 4.69) is 50.6 Å². The van der Waals surface area contributed by atoms with Gasteiger partial charge in [-0.1, -0.05) is 33.4 Å². The normalized spacial score (nSPS) is 23.1. The van der Waals surface area contributed by atoms with Gasteiger partial charge in [0.25, 0.3) is 0 Å². The summed E-state index contributed by atoms with van der Waals surface area (Å²) in [6, 6.07) is -0.470. The zero-order valence-corrected chi connectivity index (χ0v) is 18.3. The Morgan fingerprint density at radius 3 is 2.67 bits per heavy atom. The first-order valence-corrected chi connectivity index (χ1v) is 12.2. The van der Waals surface area contributed by atoms with Crippen molar-refractivity contribution in [1.29, 1.82) is 0 Å². The van der Waals surface area contributed by atoms with Crippen LogP contribution in [0.1, 0.15) is 39.7 Å². The van der Waals surface area contributed by atoms with Gasteiger partial charge in [-0.15, -0.1) is 0 Å². The lowest BCUT2D eigenvalue weighted by Gasteiger charge is -2.38. The molecule has 0 aliphatic carbocycles. The number of hydrogen-bond acceptors (Lipinski definition) is 5. The number of nitrogens with zero attached hydrogens (tertiary/aromatic N) is 2. The Morgan fingerprint density at radius 1 is 1.48 bits per heavy atom. The number of H-pyrrole nitrogens is 1. The topological polar surface area (TPSA) is 87.7 Å². The lowest BCUT2D eigenvalue weighted by atomic mass is 9.88. The Hall–Kier alpha value is -1.64. The van der Waals surface area contributed by atoms with Crippen LogP contribution < -0.4 is 0 Å². The molecule has 0 saturated carbocycles. The summed E-state index contributed by atoms with van der Waals surface area (Å²) in [6.07, 6.45) is 4.68. The van der Waals surface area contributed by atoms with E-state index < -0.39 is 26.1 Å². The van der Waals surface area contributed by atoms with Crippen molar-refractivity contribution in [2.24, 2.45) is 0 Å². The molecule has 1 aromatic rings. The van der Waals surface area contributed by atoms with Crippen LogP contribution >= 0.6 is 0 Å². The second kappa shape index (κ2) is 7.77. The first kappa shape index (κ1) is 21.7. The number of likely N-dealkylation sites (tertiary alicyclic amines) is 1. The molecule has 27 heavy (non-hydrogen) atoms. The summed E-state index contributed by atoms with van der Waals surface area (Å²) >= 11 is 0. The average Bonchev–Trinajstić information content (AvgIpc) is 3.21. The minimum Gasteiger partial charge on any atom is -0.445 e. The van der Waals surface area contributed by atoms with Gasteiger partial charge >= 0.3 is 6.09 Å². The van der Waals surface area contributed by atoms with Gasteiger partial charge in [0.05, 0.1) is 18.3 Å². The van der Waals surface area contributed by atoms with Gasteiger partial charge in [0, 0.05) is 18.3 Å². The van der Waals surface area contributed by atoms with Crippen molar-refractivity contribution in [3.63, 3.8) is 0 Å². The number of ether oxygens (including phenoxy) is 1. The maximum absolute atomic E-state index is 12.6. The van der Waals surface area contributed by atoms with Gasteiger partial charge in [-0.3, -0.25) is 10.00 Å². The van der Waals surface area contributed by atoms with Crippen molar-refractivity contribution < 1.29 is 19.1 Å². The highest BCUT2D eigenvalue weighted by Gasteiger charge is 2.50. The molecule has 1 saturated heterocycles. The first-order chi connectivity index (χ1) is 12.4. The van der Waals surface area contributed by atoms with Gasteiger partial charge in [-0.05, 0) is 31.5 Å². The van der Waals surface area contributed by atoms with E-state index in [-0.39, 0.29) is 17.7 Å². The SMILES string of the molecule is C=CCOC(=O)N1CC(O[Si](C)(C)C(C)(C)C)CC1C(C)(O)c1cn[nH]c1. The van der Waals surface area contributed by atoms with Crippen LogP contribution in [-0.4, -0.2) is 59.9 Å². The third kappa shape index (κ3) is 4.62. The number of amides is 1. The number of aliphatic hydroxyl groups is 1. The molecule has 1 fully saturated rings. The summed E-state index contributed by atoms with van der Waals surface area (Å²) in [5.41, 5.74) is -0.645. The van der Waals surface area contributed by atoms with Crippen molar-refractivity contribution >= 4 is 14.4 Å². The molecular weight excluding hydrogens is 362 g/mol. The minimum absolute atomic E-state index is 0.0618. The minimum atomic E-state index is -2.01. The Balaban J connectivity index is 2.26. The van der Waals surface area contributed by atoms with Crippen molar-refractivity contribution in [1.82, 2.24) is 15.1 Å². The molecule has 1 amide bonds. The van der Waals surface area contributed by atoms with Crippen LogP contribution in [0.3, 0.4) is 0 Å². The monoisotopic (exact) mass is 395 g/mol. The molecule has 2 rings (SSSR count). The predicted octanol–water partition coefficient (Wildman–Crippen LogP) is 3.40. The quantitative estimate of drug-likeness (QED) is 0.569. The summed E-state index contributed by atoms with van der Waals surface area (Å²) in [5, 5.41) is 17.9. The molecule has 3 unspecified atom stereocenters. The second-order valence-electron chi connectivity index (χ2n) is 8.90. The van der Waals surface area contributed by atoms with Gasteiger partial charge in [-0.25, -0.2) is 4.79 Å². The Labute approximate surface area is 162 Å². The number of nitrogens with one attached hydrogen (secondary N) is 1. The molecule has 3 atom stereocenters. The molecule has 1 aromatic heterocycles. The predicted molar refractivity (Wildman–Crippen MR) is 107 cm³/mol. The number of carbonyl (C=O) groups excluding carboxylic acids is 1. The van der Waals surface area contributed by atoms with Crippen LogP contribution in [0, 0.1) is 0 Å². The molecule has 8 heteroatoms. The fourth-order valence-electron chi connectivity index (χ4n) is 3.14. The van der Waals surface area contributed by atoms with Gasteiger partial charge < -0.3 is 14.3 Å². The molecule has 7 nitrogen and oxygen atoms in total. The zero-order chi connectivity index (χ0) is 20.5. The maximum Gasteiger partial charge on any atom is 0.410 e. The molecule has 1 aliphatic rings. The lowest BCUT2D eigenvalue weighted by molar-refractivity contribution is -0.0217. The highest BCUT2D eigenvalue weighted by molar-refractivity contribution is 6.74. The zero-order valence-electron chi connectivity index (χ0n) is 17.3. The van der Waals surface area contributed by atoms with Crippen LogP contribution in [0.25, 0.3) is 0 Å². The standard InChI is InChI=1S/C19H33N3O4Si/c1-8-9-25-17(23)22-13-15(26-27(6,7)18(2,3)4)10-16(22)19(5,24)14-11-20-21-12-14/h8,11-12,15-16,24H,1,9-10,13H2,2-7H3,(H,20,21). The number of rotatable bonds is 6. The Morgan fingerprint density at radius 2 is 2.15 bits per heavy atom. The van der Waals surface area contributed by atoms with Crippen molar-refractivity contribution in [2.45, 2.75) is 70.0 Å². The summed E-state index contributed by atoms with van der Waals surface area (Å²) in [7, 11) is -2.01. The fourth-order valence-corrected chi connectivity index (χ4v) is 4.50. The van der Waals surface area contributed by atoms with E-state index in [1.54, 1.807) is 24.2 Å². The van der Waals surface area contributed by atoms with E-state index in [4.69, 9.17) is 9.16 Å². The van der Waals surface area contributed by atoms with Gasteiger partial charge in [0.1, 0.15) is 12.2 Å². The highest BCUT2D eigenvalue weighted by atomic mass is 28.4. The molecule has 0 radical (unpaired) electrons. The molecule has 1 aliphatic heterocycles. The van der Waals surface area contributed by atoms with Gasteiger partial charge in [0.2, 0.25) is 0 Å². The molecule has 2 heterocycles. The van der Waals surface area contributed by atoms with Crippen LogP contribution in [0.2, 0.25) is 18.1 Å². The average molecular weight is 396 g/mol. The lowest BCUT2D eigenvalue weighted by Crippen LogP contribution is -2.48. The largest absolute Gasteiger partial charge is 0.445 e. The third-order valence-corrected chi connectivity index (χ3v) is 10.4. The summed E-state index contributed by atoms with van der Waals surface area (Å²) in [4.78, 5) is 14.2.